The third kappa shape index (κ3) is 3.50. The maximum absolute atomic E-state index is 13.7. The first-order valence-electron chi connectivity index (χ1n) is 7.72. The van der Waals surface area contributed by atoms with Crippen LogP contribution in [0.25, 0.3) is 11.0 Å². The summed E-state index contributed by atoms with van der Waals surface area (Å²) in [5, 5.41) is 5.58. The molecule has 0 amide bonds. The topological polar surface area (TPSA) is 53.6 Å². The van der Waals surface area contributed by atoms with Crippen LogP contribution in [0.2, 0.25) is 5.02 Å². The van der Waals surface area contributed by atoms with Crippen LogP contribution < -0.4 is 5.32 Å². The van der Waals surface area contributed by atoms with Gasteiger partial charge in [-0.2, -0.15) is 0 Å². The third-order valence-electron chi connectivity index (χ3n) is 3.89. The molecule has 3 heterocycles. The lowest BCUT2D eigenvalue weighted by Gasteiger charge is -2.03. The molecule has 0 aliphatic carbocycles. The molecule has 0 saturated carbocycles. The van der Waals surface area contributed by atoms with Crippen LogP contribution in [0.5, 0.6) is 0 Å². The second kappa shape index (κ2) is 6.82. The van der Waals surface area contributed by atoms with Gasteiger partial charge >= 0.3 is 0 Å². The minimum absolute atomic E-state index is 0.213. The number of thiazole rings is 1. The molecule has 2 N–H and O–H groups in total. The molecule has 4 rings (SSSR count). The van der Waals surface area contributed by atoms with Crippen LogP contribution >= 0.6 is 22.9 Å². The molecule has 0 aliphatic heterocycles. The van der Waals surface area contributed by atoms with Gasteiger partial charge in [0.05, 0.1) is 5.02 Å². The number of hydrogen-bond donors (Lipinski definition) is 2. The van der Waals surface area contributed by atoms with Crippen LogP contribution in [-0.4, -0.2) is 15.0 Å². The molecular weight excluding hydrogens is 359 g/mol. The molecule has 7 heteroatoms. The summed E-state index contributed by atoms with van der Waals surface area (Å²) < 4.78 is 13.7. The van der Waals surface area contributed by atoms with Crippen molar-refractivity contribution in [1.82, 2.24) is 15.0 Å². The summed E-state index contributed by atoms with van der Waals surface area (Å²) in [6, 6.07) is 8.64. The molecule has 0 atom stereocenters. The number of halogens is 2. The summed E-state index contributed by atoms with van der Waals surface area (Å²) >= 11 is 7.60. The van der Waals surface area contributed by atoms with Crippen LogP contribution in [0.4, 0.5) is 9.52 Å². The maximum atomic E-state index is 13.7. The Morgan fingerprint density at radius 1 is 1.16 bits per heavy atom. The lowest BCUT2D eigenvalue weighted by molar-refractivity contribution is 0.613. The first-order chi connectivity index (χ1) is 12.2. The van der Waals surface area contributed by atoms with Crippen molar-refractivity contribution >= 4 is 39.1 Å². The Hall–Kier alpha value is -2.44. The summed E-state index contributed by atoms with van der Waals surface area (Å²) in [5.41, 5.74) is 2.56. The Morgan fingerprint density at radius 2 is 2.04 bits per heavy atom. The Kier molecular flexibility index (Phi) is 4.38. The number of nitrogens with zero attached hydrogens (tertiary/aromatic N) is 2. The van der Waals surface area contributed by atoms with Crippen LogP contribution in [0, 0.1) is 5.82 Å². The van der Waals surface area contributed by atoms with E-state index in [9.17, 15) is 4.39 Å². The van der Waals surface area contributed by atoms with Crippen LogP contribution in [0.3, 0.4) is 0 Å². The molecule has 126 valence electrons. The van der Waals surface area contributed by atoms with Gasteiger partial charge in [-0.25, -0.2) is 14.4 Å². The third-order valence-corrected chi connectivity index (χ3v) is 5.05. The van der Waals surface area contributed by atoms with Gasteiger partial charge in [0.15, 0.2) is 5.13 Å². The highest BCUT2D eigenvalue weighted by Gasteiger charge is 2.09. The number of anilines is 1. The molecule has 4 aromatic rings. The lowest BCUT2D eigenvalue weighted by atomic mass is 10.1. The predicted octanol–water partition coefficient (Wildman–Crippen LogP) is 5.01. The van der Waals surface area contributed by atoms with E-state index in [0.717, 1.165) is 33.0 Å². The summed E-state index contributed by atoms with van der Waals surface area (Å²) in [4.78, 5) is 12.9. The molecular formula is C18H14ClFN4S. The highest BCUT2D eigenvalue weighted by atomic mass is 35.5. The van der Waals surface area contributed by atoms with Crippen molar-refractivity contribution in [2.24, 2.45) is 0 Å². The molecule has 0 radical (unpaired) electrons. The number of hydrogen-bond acceptors (Lipinski definition) is 4. The van der Waals surface area contributed by atoms with Crippen molar-refractivity contribution in [2.75, 3.05) is 5.32 Å². The number of pyridine rings is 1. The van der Waals surface area contributed by atoms with Gasteiger partial charge in [0, 0.05) is 47.4 Å². The number of rotatable bonds is 5. The van der Waals surface area contributed by atoms with E-state index in [2.05, 4.69) is 20.3 Å². The molecule has 0 aliphatic rings. The Morgan fingerprint density at radius 3 is 2.92 bits per heavy atom. The smallest absolute Gasteiger partial charge is 0.183 e. The quantitative estimate of drug-likeness (QED) is 0.517. The van der Waals surface area contributed by atoms with Crippen molar-refractivity contribution < 1.29 is 4.39 Å². The van der Waals surface area contributed by atoms with Crippen LogP contribution in [0.15, 0.2) is 48.9 Å². The molecule has 25 heavy (non-hydrogen) atoms. The highest BCUT2D eigenvalue weighted by Crippen LogP contribution is 2.26. The van der Waals surface area contributed by atoms with E-state index >= 15 is 0 Å². The highest BCUT2D eigenvalue weighted by molar-refractivity contribution is 7.15. The van der Waals surface area contributed by atoms with Crippen molar-refractivity contribution in [3.63, 3.8) is 0 Å². The molecule has 1 aromatic carbocycles. The first-order valence-corrected chi connectivity index (χ1v) is 8.92. The van der Waals surface area contributed by atoms with E-state index < -0.39 is 0 Å². The summed E-state index contributed by atoms with van der Waals surface area (Å²) in [7, 11) is 0. The van der Waals surface area contributed by atoms with Gasteiger partial charge in [0.2, 0.25) is 0 Å². The Labute approximate surface area is 152 Å². The van der Waals surface area contributed by atoms with Gasteiger partial charge in [-0.3, -0.25) is 0 Å². The van der Waals surface area contributed by atoms with E-state index in [1.165, 1.54) is 6.07 Å². The molecule has 3 aromatic heterocycles. The standard InChI is InChI=1S/C18H14ClFN4S/c19-13-6-15-12(8-21-17(15)22-9-13)5-14-10-24-18(25-14)23-7-11-3-1-2-4-16(11)20/h1-4,6,8-10H,5,7H2,(H,21,22)(H,23,24). The second-order valence-electron chi connectivity index (χ2n) is 5.62. The zero-order valence-electron chi connectivity index (χ0n) is 13.1. The minimum Gasteiger partial charge on any atom is -0.357 e. The first kappa shape index (κ1) is 16.1. The zero-order chi connectivity index (χ0) is 17.2. The van der Waals surface area contributed by atoms with Gasteiger partial charge in [0.25, 0.3) is 0 Å². The fraction of sp³-hybridized carbons (Fsp3) is 0.111. The lowest BCUT2D eigenvalue weighted by Crippen LogP contribution is -2.00. The van der Waals surface area contributed by atoms with E-state index in [4.69, 9.17) is 11.6 Å². The summed E-state index contributed by atoms with van der Waals surface area (Å²) in [5.74, 6) is -0.213. The van der Waals surface area contributed by atoms with Crippen LogP contribution in [0.1, 0.15) is 16.0 Å². The van der Waals surface area contributed by atoms with E-state index in [-0.39, 0.29) is 5.82 Å². The molecule has 0 saturated heterocycles. The number of benzene rings is 1. The minimum atomic E-state index is -0.213. The normalized spacial score (nSPS) is 11.1. The van der Waals surface area contributed by atoms with Gasteiger partial charge < -0.3 is 10.3 Å². The molecule has 0 spiro atoms. The predicted molar refractivity (Wildman–Crippen MR) is 99.8 cm³/mol. The Bertz CT molecular complexity index is 1030. The van der Waals surface area contributed by atoms with Crippen molar-refractivity contribution in [3.8, 4) is 0 Å². The van der Waals surface area contributed by atoms with E-state index in [0.29, 0.717) is 17.1 Å². The average molecular weight is 373 g/mol. The summed E-state index contributed by atoms with van der Waals surface area (Å²) in [6.45, 7) is 0.409. The Balaban J connectivity index is 1.47. The second-order valence-corrected chi connectivity index (χ2v) is 7.17. The van der Waals surface area contributed by atoms with E-state index in [1.54, 1.807) is 29.7 Å². The number of H-pyrrole nitrogens is 1. The molecule has 0 bridgehead atoms. The average Bonchev–Trinajstić information content (AvgIpc) is 3.22. The van der Waals surface area contributed by atoms with Gasteiger partial charge in [-0.05, 0) is 17.7 Å². The van der Waals surface area contributed by atoms with Crippen LogP contribution in [-0.2, 0) is 13.0 Å². The largest absolute Gasteiger partial charge is 0.357 e. The van der Waals surface area contributed by atoms with Gasteiger partial charge in [0.1, 0.15) is 11.5 Å². The van der Waals surface area contributed by atoms with Crippen molar-refractivity contribution in [3.05, 3.63) is 75.8 Å². The number of aromatic nitrogens is 3. The molecule has 4 nitrogen and oxygen atoms in total. The van der Waals surface area contributed by atoms with Crippen molar-refractivity contribution in [2.45, 2.75) is 13.0 Å². The molecule has 0 fully saturated rings. The van der Waals surface area contributed by atoms with Gasteiger partial charge in [-0.1, -0.05) is 29.8 Å². The monoisotopic (exact) mass is 372 g/mol. The molecule has 0 unspecified atom stereocenters. The maximum Gasteiger partial charge on any atom is 0.183 e. The summed E-state index contributed by atoms with van der Waals surface area (Å²) in [6.07, 6.45) is 6.15. The number of nitrogens with one attached hydrogen (secondary N) is 2. The number of aromatic amines is 1. The zero-order valence-corrected chi connectivity index (χ0v) is 14.7. The van der Waals surface area contributed by atoms with Crippen molar-refractivity contribution in [1.29, 1.82) is 0 Å². The van der Waals surface area contributed by atoms with Gasteiger partial charge in [-0.15, -0.1) is 11.3 Å². The fourth-order valence-electron chi connectivity index (χ4n) is 2.65. The SMILES string of the molecule is Fc1ccccc1CNc1ncc(Cc2c[nH]c3ncc(Cl)cc23)s1. The fourth-order valence-corrected chi connectivity index (χ4v) is 3.64. The number of fused-ring (bicyclic) bond motifs is 1. The van der Waals surface area contributed by atoms with E-state index in [1.807, 2.05) is 24.5 Å².